The summed E-state index contributed by atoms with van der Waals surface area (Å²) < 4.78 is 5.29. The second-order valence-corrected chi connectivity index (χ2v) is 10.9. The van der Waals surface area contributed by atoms with Crippen molar-refractivity contribution in [3.63, 3.8) is 0 Å². The number of alkyl halides is 2. The monoisotopic (exact) mass is 416 g/mol. The average molecular weight is 417 g/mol. The van der Waals surface area contributed by atoms with Gasteiger partial charge in [-0.15, -0.1) is 0 Å². The van der Waals surface area contributed by atoms with Gasteiger partial charge in [0.25, 0.3) is 0 Å². The Morgan fingerprint density at radius 1 is 0.889 bits per heavy atom. The van der Waals surface area contributed by atoms with Crippen molar-refractivity contribution in [1.82, 2.24) is 0 Å². The summed E-state index contributed by atoms with van der Waals surface area (Å²) in [5, 5.41) is 0. The number of ether oxygens (including phenoxy) is 1. The lowest BCUT2D eigenvalue weighted by atomic mass is 9.74. The Kier molecular flexibility index (Phi) is 8.36. The van der Waals surface area contributed by atoms with Gasteiger partial charge in [0.15, 0.2) is 10.1 Å². The van der Waals surface area contributed by atoms with E-state index in [4.69, 9.17) is 27.9 Å². The minimum atomic E-state index is -1.29. The first-order valence-corrected chi connectivity index (χ1v) is 12.3. The van der Waals surface area contributed by atoms with Crippen molar-refractivity contribution in [2.45, 2.75) is 120 Å². The molecule has 3 aliphatic heterocycles. The van der Waals surface area contributed by atoms with Gasteiger partial charge in [0.2, 0.25) is 0 Å². The number of carbonyl (C=O) groups excluding carboxylic acids is 1. The predicted octanol–water partition coefficient (Wildman–Crippen LogP) is 7.24. The Morgan fingerprint density at radius 3 is 2.15 bits per heavy atom. The summed E-state index contributed by atoms with van der Waals surface area (Å²) in [4.78, 5) is 13.3. The summed E-state index contributed by atoms with van der Waals surface area (Å²) in [6, 6.07) is 0. The lowest BCUT2D eigenvalue weighted by Gasteiger charge is -2.42. The highest BCUT2D eigenvalue weighted by atomic mass is 35.5. The van der Waals surface area contributed by atoms with Crippen LogP contribution >= 0.6 is 23.2 Å². The van der Waals surface area contributed by atoms with Crippen molar-refractivity contribution in [2.24, 2.45) is 17.8 Å². The van der Waals surface area contributed by atoms with Crippen LogP contribution in [0.25, 0.3) is 0 Å². The summed E-state index contributed by atoms with van der Waals surface area (Å²) in [5.74, 6) is 1.56. The van der Waals surface area contributed by atoms with E-state index in [0.29, 0.717) is 18.3 Å². The number of rotatable bonds is 4. The van der Waals surface area contributed by atoms with Crippen LogP contribution in [0.1, 0.15) is 103 Å². The highest BCUT2D eigenvalue weighted by Gasteiger charge is 2.46. The van der Waals surface area contributed by atoms with Crippen molar-refractivity contribution in [3.8, 4) is 0 Å². The van der Waals surface area contributed by atoms with Crippen LogP contribution in [0.15, 0.2) is 0 Å². The molecule has 3 atom stereocenters. The minimum Gasteiger partial charge on any atom is -0.367 e. The molecule has 3 heterocycles. The quantitative estimate of drug-likeness (QED) is 0.451. The molecule has 6 rings (SSSR count). The van der Waals surface area contributed by atoms with E-state index in [9.17, 15) is 4.79 Å². The largest absolute Gasteiger partial charge is 0.367 e. The maximum absolute atomic E-state index is 13.3. The normalized spacial score (nSPS) is 36.2. The molecule has 6 fully saturated rings. The molecule has 0 spiro atoms. The molecule has 0 aromatic carbocycles. The van der Waals surface area contributed by atoms with Gasteiger partial charge in [-0.3, -0.25) is 4.79 Å². The van der Waals surface area contributed by atoms with Crippen molar-refractivity contribution >= 4 is 29.0 Å². The van der Waals surface area contributed by atoms with Gasteiger partial charge in [-0.2, -0.15) is 0 Å². The molecule has 4 bridgehead atoms. The van der Waals surface area contributed by atoms with E-state index in [2.05, 4.69) is 0 Å². The van der Waals surface area contributed by atoms with Crippen LogP contribution in [0.3, 0.4) is 0 Å². The van der Waals surface area contributed by atoms with Crippen molar-refractivity contribution < 1.29 is 9.53 Å². The molecule has 0 amide bonds. The van der Waals surface area contributed by atoms with Crippen LogP contribution in [-0.4, -0.2) is 22.3 Å². The molecule has 0 radical (unpaired) electrons. The van der Waals surface area contributed by atoms with E-state index < -0.39 is 10.4 Å². The first-order chi connectivity index (χ1) is 13.0. The Hall–Kier alpha value is 0.210. The minimum absolute atomic E-state index is 0.0611. The lowest BCUT2D eigenvalue weighted by Crippen LogP contribution is -2.49. The molecule has 0 aromatic heterocycles. The summed E-state index contributed by atoms with van der Waals surface area (Å²) in [5.41, 5.74) is 0. The van der Waals surface area contributed by atoms with Crippen molar-refractivity contribution in [2.75, 3.05) is 0 Å². The number of Topliss-reactive ketones (excluding diaryl/α,β-unsaturated/α-hetero) is 1. The highest BCUT2D eigenvalue weighted by Crippen LogP contribution is 2.42. The Bertz CT molecular complexity index is 465. The predicted molar refractivity (Wildman–Crippen MR) is 114 cm³/mol. The number of hydrogen-bond acceptors (Lipinski definition) is 2. The highest BCUT2D eigenvalue weighted by molar-refractivity contribution is 6.58. The maximum Gasteiger partial charge on any atom is 0.197 e. The molecule has 3 aliphatic carbocycles. The third-order valence-corrected chi connectivity index (χ3v) is 8.04. The van der Waals surface area contributed by atoms with E-state index in [-0.39, 0.29) is 11.9 Å². The fourth-order valence-electron chi connectivity index (χ4n) is 5.76. The first kappa shape index (κ1) is 21.9. The summed E-state index contributed by atoms with van der Waals surface area (Å²) >= 11 is 13.0. The number of halogens is 2. The molecular formula is C23H38Cl2O2. The van der Waals surface area contributed by atoms with Crippen LogP contribution in [-0.2, 0) is 9.53 Å². The van der Waals surface area contributed by atoms with E-state index >= 15 is 0 Å². The molecular weight excluding hydrogens is 379 g/mol. The second kappa shape index (κ2) is 10.3. The Labute approximate surface area is 176 Å². The van der Waals surface area contributed by atoms with Crippen LogP contribution in [0.2, 0.25) is 0 Å². The average Bonchev–Trinajstić information content (AvgIpc) is 2.61. The van der Waals surface area contributed by atoms with Crippen LogP contribution in [0.4, 0.5) is 0 Å². The van der Waals surface area contributed by atoms with Gasteiger partial charge in [0.1, 0.15) is 6.10 Å². The van der Waals surface area contributed by atoms with E-state index in [1.54, 1.807) is 0 Å². The van der Waals surface area contributed by atoms with Gasteiger partial charge in [-0.25, -0.2) is 0 Å². The zero-order valence-electron chi connectivity index (χ0n) is 17.1. The van der Waals surface area contributed by atoms with Crippen LogP contribution < -0.4 is 0 Å². The van der Waals surface area contributed by atoms with E-state index in [1.807, 2.05) is 6.92 Å². The third kappa shape index (κ3) is 5.86. The SMILES string of the molecule is CCCC(Cl)(Cl)C(=O)C1OC2CCC1CC1CCCCCC2CCCCC1. The topological polar surface area (TPSA) is 26.3 Å². The Balaban J connectivity index is 1.86. The van der Waals surface area contributed by atoms with Gasteiger partial charge in [0, 0.05) is 0 Å². The smallest absolute Gasteiger partial charge is 0.197 e. The molecule has 27 heavy (non-hydrogen) atoms. The van der Waals surface area contributed by atoms with Gasteiger partial charge < -0.3 is 4.74 Å². The van der Waals surface area contributed by atoms with Crippen molar-refractivity contribution in [3.05, 3.63) is 0 Å². The fraction of sp³-hybridized carbons (Fsp3) is 0.957. The van der Waals surface area contributed by atoms with E-state index in [0.717, 1.165) is 31.6 Å². The zero-order valence-corrected chi connectivity index (χ0v) is 18.6. The molecule has 3 unspecified atom stereocenters. The Morgan fingerprint density at radius 2 is 1.52 bits per heavy atom. The second-order valence-electron chi connectivity index (χ2n) is 9.39. The molecule has 0 aromatic rings. The van der Waals surface area contributed by atoms with E-state index in [1.165, 1.54) is 64.2 Å². The fourth-order valence-corrected chi connectivity index (χ4v) is 6.36. The standard InChI is InChI=1S/C23H38Cl2O2/c1-2-15-23(24,25)22(26)21-19-13-14-20(27-21)18-11-7-3-5-9-17(16-19)10-6-4-8-12-18/h17-21H,2-16H2,1H3. The lowest BCUT2D eigenvalue weighted by molar-refractivity contribution is -0.155. The van der Waals surface area contributed by atoms with Crippen LogP contribution in [0, 0.1) is 17.8 Å². The van der Waals surface area contributed by atoms with Gasteiger partial charge in [-0.05, 0) is 56.3 Å². The third-order valence-electron chi connectivity index (χ3n) is 7.29. The van der Waals surface area contributed by atoms with Gasteiger partial charge >= 0.3 is 0 Å². The molecule has 156 valence electrons. The molecule has 3 saturated heterocycles. The number of hydrogen-bond donors (Lipinski definition) is 0. The van der Waals surface area contributed by atoms with Gasteiger partial charge in [-0.1, -0.05) is 87.9 Å². The summed E-state index contributed by atoms with van der Waals surface area (Å²) in [7, 11) is 0. The van der Waals surface area contributed by atoms with Gasteiger partial charge in [0.05, 0.1) is 6.10 Å². The van der Waals surface area contributed by atoms with Crippen molar-refractivity contribution in [1.29, 1.82) is 0 Å². The maximum atomic E-state index is 13.3. The first-order valence-electron chi connectivity index (χ1n) is 11.6. The molecule has 6 aliphatic rings. The molecule has 4 heteroatoms. The zero-order chi connectivity index (χ0) is 19.3. The molecule has 2 nitrogen and oxygen atoms in total. The summed E-state index contributed by atoms with van der Waals surface area (Å²) in [6.45, 7) is 2.03. The number of ketones is 1. The molecule has 0 N–H and O–H groups in total. The molecule has 3 saturated carbocycles. The number of carbonyl (C=O) groups is 1. The van der Waals surface area contributed by atoms with Crippen LogP contribution in [0.5, 0.6) is 0 Å². The summed E-state index contributed by atoms with van der Waals surface area (Å²) in [6.07, 6.45) is 17.6.